The first-order valence-electron chi connectivity index (χ1n) is 4.52. The molecule has 2 aliphatic rings. The molecular formula is C10H6OS4. The summed E-state index contributed by atoms with van der Waals surface area (Å²) in [6, 6.07) is 4.14. The molecule has 4 heterocycles. The van der Waals surface area contributed by atoms with Gasteiger partial charge >= 0.3 is 0 Å². The van der Waals surface area contributed by atoms with E-state index in [1.54, 1.807) is 22.7 Å². The second-order valence-corrected chi connectivity index (χ2v) is 8.46. The Kier molecular flexibility index (Phi) is 1.73. The van der Waals surface area contributed by atoms with Gasteiger partial charge in [0.2, 0.25) is 0 Å². The molecule has 0 bridgehead atoms. The zero-order valence-corrected chi connectivity index (χ0v) is 10.7. The molecule has 0 aliphatic carbocycles. The van der Waals surface area contributed by atoms with Crippen molar-refractivity contribution in [3.63, 3.8) is 0 Å². The van der Waals surface area contributed by atoms with Gasteiger partial charge in [0.05, 0.1) is 13.0 Å². The molecule has 2 aliphatic heterocycles. The Bertz CT molecular complexity index is 497. The van der Waals surface area contributed by atoms with Crippen LogP contribution in [0.4, 0.5) is 0 Å². The first-order valence-corrected chi connectivity index (χ1v) is 8.03. The summed E-state index contributed by atoms with van der Waals surface area (Å²) in [6.45, 7) is 0. The van der Waals surface area contributed by atoms with Crippen LogP contribution in [0.15, 0.2) is 31.3 Å². The molecule has 0 radical (unpaired) electrons. The number of hydrogen-bond donors (Lipinski definition) is 1. The first-order chi connectivity index (χ1) is 7.30. The zero-order valence-electron chi connectivity index (χ0n) is 7.47. The predicted molar refractivity (Wildman–Crippen MR) is 67.1 cm³/mol. The third-order valence-electron chi connectivity index (χ3n) is 2.85. The van der Waals surface area contributed by atoms with Crippen LogP contribution in [0.3, 0.4) is 0 Å². The lowest BCUT2D eigenvalue weighted by Gasteiger charge is -2.21. The Hall–Kier alpha value is 0.0600. The van der Waals surface area contributed by atoms with E-state index in [-0.39, 0.29) is 4.58 Å². The first kappa shape index (κ1) is 9.13. The largest absolute Gasteiger partial charge is 0.378 e. The van der Waals surface area contributed by atoms with Crippen molar-refractivity contribution >= 4 is 46.2 Å². The highest BCUT2D eigenvalue weighted by Gasteiger charge is 2.54. The fourth-order valence-corrected chi connectivity index (χ4v) is 7.91. The molecule has 1 N–H and O–H groups in total. The maximum atomic E-state index is 10.9. The van der Waals surface area contributed by atoms with Crippen LogP contribution < -0.4 is 0 Å². The normalized spacial score (nSPS) is 31.4. The Morgan fingerprint density at radius 2 is 1.53 bits per heavy atom. The summed E-state index contributed by atoms with van der Waals surface area (Å²) in [5.41, 5.74) is 1.51. The van der Waals surface area contributed by atoms with Gasteiger partial charge in [-0.3, -0.25) is 0 Å². The molecule has 2 aromatic heterocycles. The number of thiophene rings is 2. The van der Waals surface area contributed by atoms with E-state index in [9.17, 15) is 5.11 Å². The minimum atomic E-state index is -0.722. The van der Waals surface area contributed by atoms with Gasteiger partial charge in [0.1, 0.15) is 5.60 Å². The number of aliphatic hydroxyl groups is 1. The van der Waals surface area contributed by atoms with Gasteiger partial charge in [-0.2, -0.15) is 0 Å². The molecule has 0 atom stereocenters. The van der Waals surface area contributed by atoms with Crippen molar-refractivity contribution in [1.82, 2.24) is 0 Å². The van der Waals surface area contributed by atoms with E-state index in [1.807, 2.05) is 23.5 Å². The van der Waals surface area contributed by atoms with Gasteiger partial charge in [-0.1, -0.05) is 23.5 Å². The van der Waals surface area contributed by atoms with Crippen LogP contribution in [0.1, 0.15) is 11.1 Å². The highest BCUT2D eigenvalue weighted by Crippen LogP contribution is 2.65. The molecule has 0 saturated heterocycles. The fraction of sp³-hybridized carbons (Fsp3) is 0.200. The number of fused-ring (bicyclic) bond motifs is 5. The van der Waals surface area contributed by atoms with Gasteiger partial charge in [0.15, 0.2) is 0 Å². The van der Waals surface area contributed by atoms with Crippen molar-refractivity contribution in [1.29, 1.82) is 0 Å². The third-order valence-corrected chi connectivity index (χ3v) is 7.97. The van der Waals surface area contributed by atoms with Crippen LogP contribution in [0.5, 0.6) is 0 Å². The lowest BCUT2D eigenvalue weighted by molar-refractivity contribution is 0.103. The molecule has 0 unspecified atom stereocenters. The van der Waals surface area contributed by atoms with E-state index in [4.69, 9.17) is 0 Å². The van der Waals surface area contributed by atoms with Crippen LogP contribution >= 0.6 is 46.2 Å². The molecule has 0 amide bonds. The average molecular weight is 270 g/mol. The van der Waals surface area contributed by atoms with E-state index >= 15 is 0 Å². The Labute approximate surface area is 104 Å². The molecule has 0 fully saturated rings. The second-order valence-electron chi connectivity index (χ2n) is 3.58. The highest BCUT2D eigenvalue weighted by atomic mass is 32.2. The molecular weight excluding hydrogens is 264 g/mol. The molecule has 5 heteroatoms. The van der Waals surface area contributed by atoms with Crippen molar-refractivity contribution in [2.75, 3.05) is 0 Å². The summed E-state index contributed by atoms with van der Waals surface area (Å²) < 4.78 is 2.81. The van der Waals surface area contributed by atoms with Crippen molar-refractivity contribution in [3.05, 3.63) is 34.0 Å². The van der Waals surface area contributed by atoms with Gasteiger partial charge in [-0.05, 0) is 22.9 Å². The van der Waals surface area contributed by atoms with E-state index in [0.717, 1.165) is 11.1 Å². The molecule has 0 spiro atoms. The summed E-state index contributed by atoms with van der Waals surface area (Å²) in [6.07, 6.45) is 0. The predicted octanol–water partition coefficient (Wildman–Crippen LogP) is 3.58. The minimum absolute atomic E-state index is 0.238. The van der Waals surface area contributed by atoms with E-state index in [2.05, 4.69) is 22.9 Å². The monoisotopic (exact) mass is 270 g/mol. The van der Waals surface area contributed by atoms with Crippen LogP contribution in [0.25, 0.3) is 0 Å². The lowest BCUT2D eigenvalue weighted by Crippen LogP contribution is -2.28. The smallest absolute Gasteiger partial charge is 0.140 e. The quantitative estimate of drug-likeness (QED) is 0.790. The van der Waals surface area contributed by atoms with Crippen molar-refractivity contribution < 1.29 is 5.11 Å². The van der Waals surface area contributed by atoms with Crippen molar-refractivity contribution in [2.45, 2.75) is 18.6 Å². The van der Waals surface area contributed by atoms with E-state index in [0.29, 0.717) is 0 Å². The van der Waals surface area contributed by atoms with Gasteiger partial charge in [-0.25, -0.2) is 0 Å². The maximum absolute atomic E-state index is 10.9. The minimum Gasteiger partial charge on any atom is -0.378 e. The average Bonchev–Trinajstić information content (AvgIpc) is 2.87. The molecule has 0 aromatic carbocycles. The summed E-state index contributed by atoms with van der Waals surface area (Å²) in [7, 11) is 0. The van der Waals surface area contributed by atoms with E-state index in [1.165, 1.54) is 8.42 Å². The topological polar surface area (TPSA) is 20.2 Å². The molecule has 76 valence electrons. The Morgan fingerprint density at radius 1 is 1.00 bits per heavy atom. The molecule has 0 saturated carbocycles. The molecule has 2 aromatic rings. The second kappa shape index (κ2) is 2.84. The molecule has 15 heavy (non-hydrogen) atoms. The number of rotatable bonds is 0. The lowest BCUT2D eigenvalue weighted by atomic mass is 9.93. The Morgan fingerprint density at radius 3 is 2.07 bits per heavy atom. The summed E-state index contributed by atoms with van der Waals surface area (Å²) in [4.78, 5) is 0. The van der Waals surface area contributed by atoms with Crippen LogP contribution in [-0.4, -0.2) is 9.69 Å². The zero-order chi connectivity index (χ0) is 10.0. The molecule has 1 nitrogen and oxygen atoms in total. The standard InChI is InChI=1S/C10H6OS4/c11-10-5-1-3-12-7(5)14-9(10)15-8-6(10)2-4-13-8/h1-4,9,11H. The third kappa shape index (κ3) is 0.964. The highest BCUT2D eigenvalue weighted by molar-refractivity contribution is 8.19. The summed E-state index contributed by atoms with van der Waals surface area (Å²) in [5.74, 6) is 0. The summed E-state index contributed by atoms with van der Waals surface area (Å²) >= 11 is 7.10. The maximum Gasteiger partial charge on any atom is 0.140 e. The van der Waals surface area contributed by atoms with Crippen molar-refractivity contribution in [2.24, 2.45) is 0 Å². The fourth-order valence-electron chi connectivity index (χ4n) is 2.13. The van der Waals surface area contributed by atoms with Crippen LogP contribution in [0.2, 0.25) is 0 Å². The number of hydrogen-bond acceptors (Lipinski definition) is 5. The van der Waals surface area contributed by atoms with Crippen molar-refractivity contribution in [3.8, 4) is 0 Å². The van der Waals surface area contributed by atoms with Gasteiger partial charge < -0.3 is 5.11 Å². The molecule has 4 rings (SSSR count). The van der Waals surface area contributed by atoms with Gasteiger partial charge in [-0.15, -0.1) is 22.7 Å². The van der Waals surface area contributed by atoms with E-state index < -0.39 is 5.60 Å². The van der Waals surface area contributed by atoms with Crippen LogP contribution in [0, 0.1) is 0 Å². The number of thioether (sulfide) groups is 2. The Balaban J connectivity index is 2.03. The van der Waals surface area contributed by atoms with Gasteiger partial charge in [0, 0.05) is 11.1 Å². The SMILES string of the molecule is OC12c3ccsc3SC1Sc1sccc12. The summed E-state index contributed by atoms with van der Waals surface area (Å²) in [5, 5.41) is 15.0. The van der Waals surface area contributed by atoms with Gasteiger partial charge in [0.25, 0.3) is 0 Å². The van der Waals surface area contributed by atoms with Crippen LogP contribution in [-0.2, 0) is 5.60 Å².